The zero-order valence-electron chi connectivity index (χ0n) is 16.4. The van der Waals surface area contributed by atoms with Crippen LogP contribution in [0.15, 0.2) is 16.6 Å². The summed E-state index contributed by atoms with van der Waals surface area (Å²) in [5, 5.41) is 3.41. The minimum absolute atomic E-state index is 0.0489. The summed E-state index contributed by atoms with van der Waals surface area (Å²) in [6.45, 7) is 7.26. The Morgan fingerprint density at radius 1 is 1.31 bits per heavy atom. The molecule has 7 nitrogen and oxygen atoms in total. The summed E-state index contributed by atoms with van der Waals surface area (Å²) in [5.41, 5.74) is 1.53. The number of nitrogens with zero attached hydrogens (tertiary/aromatic N) is 3. The molecule has 150 valence electrons. The van der Waals surface area contributed by atoms with Gasteiger partial charge in [0.05, 0.1) is 18.5 Å². The number of hydrogen-bond acceptors (Lipinski definition) is 4. The lowest BCUT2D eigenvalue weighted by Crippen LogP contribution is -2.54. The van der Waals surface area contributed by atoms with Crippen molar-refractivity contribution in [3.05, 3.63) is 11.6 Å². The Hall–Kier alpha value is -1.12. The van der Waals surface area contributed by atoms with E-state index in [1.54, 1.807) is 11.4 Å². The minimum Gasteiger partial charge on any atom is -0.378 e. The maximum Gasteiger partial charge on any atom is 0.216 e. The van der Waals surface area contributed by atoms with Crippen molar-refractivity contribution in [1.29, 1.82) is 0 Å². The highest BCUT2D eigenvalue weighted by atomic mass is 32.2. The molecule has 0 radical (unpaired) electrons. The fourth-order valence-corrected chi connectivity index (χ4v) is 4.61. The van der Waals surface area contributed by atoms with Gasteiger partial charge in [-0.1, -0.05) is 11.6 Å². The lowest BCUT2D eigenvalue weighted by molar-refractivity contribution is 0.0904. The van der Waals surface area contributed by atoms with Gasteiger partial charge in [-0.05, 0) is 39.5 Å². The van der Waals surface area contributed by atoms with Crippen molar-refractivity contribution in [3.8, 4) is 0 Å². The molecule has 0 atom stereocenters. The topological polar surface area (TPSA) is 74.2 Å². The molecule has 0 bridgehead atoms. The molecule has 1 saturated heterocycles. The third-order valence-corrected chi connectivity index (χ3v) is 6.63. The van der Waals surface area contributed by atoms with Crippen molar-refractivity contribution >= 4 is 16.0 Å². The van der Waals surface area contributed by atoms with E-state index >= 15 is 0 Å². The van der Waals surface area contributed by atoms with Crippen molar-refractivity contribution in [2.45, 2.75) is 45.6 Å². The molecule has 26 heavy (non-hydrogen) atoms. The molecule has 8 heteroatoms. The Kier molecular flexibility index (Phi) is 8.37. The Morgan fingerprint density at radius 2 is 2.04 bits per heavy atom. The van der Waals surface area contributed by atoms with Gasteiger partial charge < -0.3 is 15.0 Å². The molecule has 0 amide bonds. The second-order valence-electron chi connectivity index (χ2n) is 7.10. The zero-order chi connectivity index (χ0) is 19.0. The molecule has 0 unspecified atom stereocenters. The van der Waals surface area contributed by atoms with Gasteiger partial charge in [0.25, 0.3) is 0 Å². The summed E-state index contributed by atoms with van der Waals surface area (Å²) >= 11 is 0. The highest BCUT2D eigenvalue weighted by Gasteiger charge is 2.27. The van der Waals surface area contributed by atoms with E-state index in [1.807, 2.05) is 13.8 Å². The molecule has 1 fully saturated rings. The first-order chi connectivity index (χ1) is 12.4. The number of nitrogens with one attached hydrogen (secondary N) is 1. The Labute approximate surface area is 158 Å². The predicted octanol–water partition coefficient (Wildman–Crippen LogP) is 1.43. The molecule has 1 N–H and O–H groups in total. The molecule has 0 aromatic heterocycles. The van der Waals surface area contributed by atoms with E-state index in [0.717, 1.165) is 18.9 Å². The Balaban J connectivity index is 1.74. The Morgan fingerprint density at radius 3 is 2.62 bits per heavy atom. The molecule has 1 aliphatic heterocycles. The summed E-state index contributed by atoms with van der Waals surface area (Å²) in [7, 11) is -1.47. The number of aliphatic imine (C=N–C) groups is 1. The van der Waals surface area contributed by atoms with Crippen LogP contribution in [0, 0.1) is 0 Å². The SMILES string of the molecule is CN=C(NCCC1=CCCC1)N1CCN(S(=O)(=O)CCOC(C)C)CC1. The lowest BCUT2D eigenvalue weighted by atomic mass is 10.2. The van der Waals surface area contributed by atoms with Gasteiger partial charge in [-0.25, -0.2) is 8.42 Å². The van der Waals surface area contributed by atoms with Crippen LogP contribution < -0.4 is 5.32 Å². The normalized spacial score (nSPS) is 19.9. The quantitative estimate of drug-likeness (QED) is 0.388. The predicted molar refractivity (Wildman–Crippen MR) is 106 cm³/mol. The molecule has 0 saturated carbocycles. The van der Waals surface area contributed by atoms with Gasteiger partial charge in [0.1, 0.15) is 0 Å². The monoisotopic (exact) mass is 386 g/mol. The van der Waals surface area contributed by atoms with Gasteiger partial charge in [0.2, 0.25) is 10.0 Å². The molecular weight excluding hydrogens is 352 g/mol. The van der Waals surface area contributed by atoms with E-state index in [-0.39, 0.29) is 18.5 Å². The number of piperazine rings is 1. The number of sulfonamides is 1. The van der Waals surface area contributed by atoms with Crippen molar-refractivity contribution in [1.82, 2.24) is 14.5 Å². The van der Waals surface area contributed by atoms with Crippen LogP contribution in [0.25, 0.3) is 0 Å². The summed E-state index contributed by atoms with van der Waals surface area (Å²) in [6, 6.07) is 0. The summed E-state index contributed by atoms with van der Waals surface area (Å²) in [5.74, 6) is 0.913. The van der Waals surface area contributed by atoms with Crippen LogP contribution >= 0.6 is 0 Å². The number of ether oxygens (including phenoxy) is 1. The smallest absolute Gasteiger partial charge is 0.216 e. The fraction of sp³-hybridized carbons (Fsp3) is 0.833. The maximum absolute atomic E-state index is 12.4. The second kappa shape index (κ2) is 10.3. The van der Waals surface area contributed by atoms with Crippen LogP contribution in [0.1, 0.15) is 39.5 Å². The van der Waals surface area contributed by atoms with Crippen molar-refractivity contribution in [2.24, 2.45) is 4.99 Å². The third kappa shape index (κ3) is 6.55. The van der Waals surface area contributed by atoms with E-state index in [1.165, 1.54) is 24.8 Å². The van der Waals surface area contributed by atoms with Crippen LogP contribution in [0.5, 0.6) is 0 Å². The van der Waals surface area contributed by atoms with E-state index < -0.39 is 10.0 Å². The van der Waals surface area contributed by atoms with Crippen LogP contribution in [0.2, 0.25) is 0 Å². The van der Waals surface area contributed by atoms with Gasteiger partial charge in [-0.15, -0.1) is 0 Å². The zero-order valence-corrected chi connectivity index (χ0v) is 17.2. The number of guanidine groups is 1. The lowest BCUT2D eigenvalue weighted by Gasteiger charge is -2.35. The van der Waals surface area contributed by atoms with E-state index in [9.17, 15) is 8.42 Å². The first-order valence-electron chi connectivity index (χ1n) is 9.65. The average Bonchev–Trinajstić information content (AvgIpc) is 3.12. The molecule has 1 aliphatic carbocycles. The van der Waals surface area contributed by atoms with Gasteiger partial charge in [-0.3, -0.25) is 4.99 Å². The van der Waals surface area contributed by atoms with Crippen LogP contribution in [-0.4, -0.2) is 81.8 Å². The maximum atomic E-state index is 12.4. The van der Waals surface area contributed by atoms with Crippen LogP contribution in [0.3, 0.4) is 0 Å². The van der Waals surface area contributed by atoms with Gasteiger partial charge in [0.15, 0.2) is 5.96 Å². The molecular formula is C18H34N4O3S. The van der Waals surface area contributed by atoms with Gasteiger partial charge in [0, 0.05) is 39.8 Å². The van der Waals surface area contributed by atoms with E-state index in [4.69, 9.17) is 4.74 Å². The Bertz CT molecular complexity index is 594. The second-order valence-corrected chi connectivity index (χ2v) is 9.19. The fourth-order valence-electron chi connectivity index (χ4n) is 3.33. The first kappa shape index (κ1) is 21.2. The minimum atomic E-state index is -3.25. The highest BCUT2D eigenvalue weighted by Crippen LogP contribution is 2.19. The van der Waals surface area contributed by atoms with Crippen molar-refractivity contribution < 1.29 is 13.2 Å². The van der Waals surface area contributed by atoms with Crippen LogP contribution in [-0.2, 0) is 14.8 Å². The number of hydrogen-bond donors (Lipinski definition) is 1. The molecule has 0 aromatic rings. The largest absolute Gasteiger partial charge is 0.378 e. The first-order valence-corrected chi connectivity index (χ1v) is 11.3. The van der Waals surface area contributed by atoms with Crippen molar-refractivity contribution in [3.63, 3.8) is 0 Å². The summed E-state index contributed by atoms with van der Waals surface area (Å²) < 4.78 is 31.8. The van der Waals surface area contributed by atoms with Gasteiger partial charge >= 0.3 is 0 Å². The van der Waals surface area contributed by atoms with E-state index in [2.05, 4.69) is 21.3 Å². The molecule has 0 aromatic carbocycles. The standard InChI is InChI=1S/C18H34N4O3S/c1-16(2)25-14-15-26(23,24)22-12-10-21(11-13-22)18(19-3)20-9-8-17-6-4-5-7-17/h6,16H,4-5,7-15H2,1-3H3,(H,19,20). The molecule has 2 rings (SSSR count). The highest BCUT2D eigenvalue weighted by molar-refractivity contribution is 7.89. The average molecular weight is 387 g/mol. The van der Waals surface area contributed by atoms with Gasteiger partial charge in [-0.2, -0.15) is 4.31 Å². The number of rotatable bonds is 8. The summed E-state index contributed by atoms with van der Waals surface area (Å²) in [6.07, 6.45) is 7.17. The molecule has 1 heterocycles. The van der Waals surface area contributed by atoms with Crippen molar-refractivity contribution in [2.75, 3.05) is 52.1 Å². The summed E-state index contributed by atoms with van der Waals surface area (Å²) in [4.78, 5) is 6.49. The third-order valence-electron chi connectivity index (χ3n) is 4.80. The number of allylic oxidation sites excluding steroid dienone is 1. The molecule has 0 spiro atoms. The van der Waals surface area contributed by atoms with E-state index in [0.29, 0.717) is 26.2 Å². The van der Waals surface area contributed by atoms with Crippen LogP contribution in [0.4, 0.5) is 0 Å². The molecule has 2 aliphatic rings.